The summed E-state index contributed by atoms with van der Waals surface area (Å²) in [5.41, 5.74) is 0.686. The Morgan fingerprint density at radius 3 is 2.86 bits per heavy atom. The summed E-state index contributed by atoms with van der Waals surface area (Å²) in [5, 5.41) is 8.46. The molecule has 0 heterocycles. The van der Waals surface area contributed by atoms with Crippen molar-refractivity contribution in [3.05, 3.63) is 30.1 Å². The Labute approximate surface area is 81.8 Å². The van der Waals surface area contributed by atoms with Crippen molar-refractivity contribution in [3.63, 3.8) is 0 Å². The van der Waals surface area contributed by atoms with Gasteiger partial charge in [0.05, 0.1) is 6.42 Å². The molecule has 3 nitrogen and oxygen atoms in total. The number of anilines is 1. The van der Waals surface area contributed by atoms with Gasteiger partial charge in [-0.15, -0.1) is 0 Å². The molecule has 0 aromatic heterocycles. The highest BCUT2D eigenvalue weighted by Gasteiger charge is 2.04. The molecule has 0 bridgehead atoms. The molecule has 14 heavy (non-hydrogen) atoms. The molecule has 0 saturated heterocycles. The van der Waals surface area contributed by atoms with Crippen LogP contribution in [0.5, 0.6) is 0 Å². The Hall–Kier alpha value is -1.58. The fraction of sp³-hybridized carbons (Fsp3) is 0.300. The van der Waals surface area contributed by atoms with Crippen molar-refractivity contribution in [2.45, 2.75) is 6.42 Å². The molecule has 0 saturated carbocycles. The number of halogens is 1. The van der Waals surface area contributed by atoms with E-state index < -0.39 is 5.97 Å². The van der Waals surface area contributed by atoms with Crippen molar-refractivity contribution in [2.24, 2.45) is 0 Å². The number of carbonyl (C=O) groups is 1. The predicted octanol–water partition coefficient (Wildman–Crippen LogP) is 1.74. The lowest BCUT2D eigenvalue weighted by atomic mass is 10.3. The first kappa shape index (κ1) is 10.5. The summed E-state index contributed by atoms with van der Waals surface area (Å²) in [5.74, 6) is -1.17. The fourth-order valence-electron chi connectivity index (χ4n) is 1.11. The first-order valence-electron chi connectivity index (χ1n) is 4.28. The SMILES string of the molecule is CN(CCC(=O)O)c1cccc(F)c1. The molecule has 1 rings (SSSR count). The molecule has 0 atom stereocenters. The van der Waals surface area contributed by atoms with Crippen LogP contribution in [0.2, 0.25) is 0 Å². The Morgan fingerprint density at radius 2 is 2.29 bits per heavy atom. The van der Waals surface area contributed by atoms with Gasteiger partial charge in [-0.05, 0) is 18.2 Å². The monoisotopic (exact) mass is 197 g/mol. The Morgan fingerprint density at radius 1 is 1.57 bits per heavy atom. The summed E-state index contributed by atoms with van der Waals surface area (Å²) >= 11 is 0. The van der Waals surface area contributed by atoms with E-state index in [4.69, 9.17) is 5.11 Å². The quantitative estimate of drug-likeness (QED) is 0.799. The van der Waals surface area contributed by atoms with Gasteiger partial charge in [0.1, 0.15) is 5.82 Å². The molecule has 0 spiro atoms. The lowest BCUT2D eigenvalue weighted by Crippen LogP contribution is -2.20. The van der Waals surface area contributed by atoms with Crippen LogP contribution < -0.4 is 4.90 Å². The Balaban J connectivity index is 2.60. The number of carboxylic acids is 1. The number of carboxylic acid groups (broad SMARTS) is 1. The average molecular weight is 197 g/mol. The van der Waals surface area contributed by atoms with Crippen molar-refractivity contribution < 1.29 is 14.3 Å². The highest BCUT2D eigenvalue weighted by molar-refractivity contribution is 5.67. The number of hydrogen-bond donors (Lipinski definition) is 1. The van der Waals surface area contributed by atoms with Crippen LogP contribution in [-0.2, 0) is 4.79 Å². The molecule has 0 aliphatic carbocycles. The Kier molecular flexibility index (Phi) is 3.45. The van der Waals surface area contributed by atoms with Crippen molar-refractivity contribution >= 4 is 11.7 Å². The highest BCUT2D eigenvalue weighted by atomic mass is 19.1. The third kappa shape index (κ3) is 3.05. The van der Waals surface area contributed by atoms with Gasteiger partial charge in [0.2, 0.25) is 0 Å². The first-order valence-corrected chi connectivity index (χ1v) is 4.28. The first-order chi connectivity index (χ1) is 6.59. The zero-order valence-corrected chi connectivity index (χ0v) is 7.90. The summed E-state index contributed by atoms with van der Waals surface area (Å²) in [4.78, 5) is 12.0. The van der Waals surface area contributed by atoms with Crippen LogP contribution in [0.4, 0.5) is 10.1 Å². The van der Waals surface area contributed by atoms with E-state index in [1.165, 1.54) is 12.1 Å². The van der Waals surface area contributed by atoms with Gasteiger partial charge in [0.15, 0.2) is 0 Å². The molecule has 4 heteroatoms. The summed E-state index contributed by atoms with van der Waals surface area (Å²) in [7, 11) is 1.73. The number of hydrogen-bond acceptors (Lipinski definition) is 2. The van der Waals surface area contributed by atoms with Gasteiger partial charge in [-0.25, -0.2) is 4.39 Å². The lowest BCUT2D eigenvalue weighted by Gasteiger charge is -2.17. The van der Waals surface area contributed by atoms with Gasteiger partial charge >= 0.3 is 5.97 Å². The molecule has 76 valence electrons. The molecule has 1 N–H and O–H groups in total. The zero-order valence-electron chi connectivity index (χ0n) is 7.90. The average Bonchev–Trinajstić information content (AvgIpc) is 2.14. The van der Waals surface area contributed by atoms with E-state index >= 15 is 0 Å². The fourth-order valence-corrected chi connectivity index (χ4v) is 1.11. The van der Waals surface area contributed by atoms with Crippen LogP contribution in [0, 0.1) is 5.82 Å². The van der Waals surface area contributed by atoms with Crippen LogP contribution in [0.25, 0.3) is 0 Å². The van der Waals surface area contributed by atoms with E-state index in [1.807, 2.05) is 0 Å². The van der Waals surface area contributed by atoms with E-state index in [-0.39, 0.29) is 12.2 Å². The van der Waals surface area contributed by atoms with Crippen LogP contribution in [0.3, 0.4) is 0 Å². The van der Waals surface area contributed by atoms with Gasteiger partial charge in [0, 0.05) is 19.3 Å². The molecule has 0 amide bonds. The number of nitrogens with zero attached hydrogens (tertiary/aromatic N) is 1. The van der Waals surface area contributed by atoms with Gasteiger partial charge in [0.25, 0.3) is 0 Å². The van der Waals surface area contributed by atoms with Gasteiger partial charge < -0.3 is 10.0 Å². The maximum atomic E-state index is 12.8. The molecule has 1 aromatic carbocycles. The second kappa shape index (κ2) is 4.60. The molecular weight excluding hydrogens is 185 g/mol. The summed E-state index contributed by atoms with van der Waals surface area (Å²) in [6, 6.07) is 6.07. The Bertz CT molecular complexity index is 328. The molecule has 0 unspecified atom stereocenters. The standard InChI is InChI=1S/C10H12FNO2/c1-12(6-5-10(13)14)9-4-2-3-8(11)7-9/h2-4,7H,5-6H2,1H3,(H,13,14). The van der Waals surface area contributed by atoms with E-state index in [2.05, 4.69) is 0 Å². The minimum Gasteiger partial charge on any atom is -0.481 e. The van der Waals surface area contributed by atoms with Crippen LogP contribution in [-0.4, -0.2) is 24.7 Å². The second-order valence-corrected chi connectivity index (χ2v) is 3.05. The normalized spacial score (nSPS) is 9.86. The molecule has 0 fully saturated rings. The zero-order chi connectivity index (χ0) is 10.6. The summed E-state index contributed by atoms with van der Waals surface area (Å²) in [6.45, 7) is 0.374. The lowest BCUT2D eigenvalue weighted by molar-refractivity contribution is -0.136. The van der Waals surface area contributed by atoms with Crippen LogP contribution in [0.15, 0.2) is 24.3 Å². The highest BCUT2D eigenvalue weighted by Crippen LogP contribution is 2.13. The second-order valence-electron chi connectivity index (χ2n) is 3.05. The van der Waals surface area contributed by atoms with E-state index in [1.54, 1.807) is 24.1 Å². The van der Waals surface area contributed by atoms with Gasteiger partial charge in [-0.1, -0.05) is 6.07 Å². The summed E-state index contributed by atoms with van der Waals surface area (Å²) in [6.07, 6.45) is 0.0486. The van der Waals surface area contributed by atoms with Crippen LogP contribution in [0.1, 0.15) is 6.42 Å². The van der Waals surface area contributed by atoms with E-state index in [0.29, 0.717) is 12.2 Å². The van der Waals surface area contributed by atoms with Crippen molar-refractivity contribution in [1.82, 2.24) is 0 Å². The third-order valence-electron chi connectivity index (χ3n) is 1.91. The maximum Gasteiger partial charge on any atom is 0.305 e. The minimum absolute atomic E-state index is 0.0486. The van der Waals surface area contributed by atoms with Gasteiger partial charge in [-0.3, -0.25) is 4.79 Å². The molecule has 1 aromatic rings. The number of aliphatic carboxylic acids is 1. The van der Waals surface area contributed by atoms with Gasteiger partial charge in [-0.2, -0.15) is 0 Å². The number of rotatable bonds is 4. The maximum absolute atomic E-state index is 12.8. The third-order valence-corrected chi connectivity index (χ3v) is 1.91. The molecular formula is C10H12FNO2. The van der Waals surface area contributed by atoms with Crippen molar-refractivity contribution in [2.75, 3.05) is 18.5 Å². The topological polar surface area (TPSA) is 40.5 Å². The van der Waals surface area contributed by atoms with Crippen LogP contribution >= 0.6 is 0 Å². The largest absolute Gasteiger partial charge is 0.481 e. The van der Waals surface area contributed by atoms with Crippen molar-refractivity contribution in [3.8, 4) is 0 Å². The van der Waals surface area contributed by atoms with E-state index in [0.717, 1.165) is 0 Å². The smallest absolute Gasteiger partial charge is 0.305 e. The number of benzene rings is 1. The minimum atomic E-state index is -0.853. The molecule has 0 aliphatic heterocycles. The molecule has 0 radical (unpaired) electrons. The molecule has 0 aliphatic rings. The van der Waals surface area contributed by atoms with Crippen molar-refractivity contribution in [1.29, 1.82) is 0 Å². The predicted molar refractivity (Wildman–Crippen MR) is 51.9 cm³/mol. The summed E-state index contributed by atoms with van der Waals surface area (Å²) < 4.78 is 12.8. The van der Waals surface area contributed by atoms with E-state index in [9.17, 15) is 9.18 Å².